The highest BCUT2D eigenvalue weighted by Crippen LogP contribution is 2.27. The molecule has 4 rings (SSSR count). The van der Waals surface area contributed by atoms with Gasteiger partial charge in [-0.25, -0.2) is 0 Å². The lowest BCUT2D eigenvalue weighted by Gasteiger charge is -2.34. The molecule has 1 saturated heterocycles. The standard InChI is InChI=1S/C21H25ClN4O/c22-18-6-1-2-7-19(18)24-20(27)15-26-12-10-25(11-13-26)14-17-5-3-4-16-8-9-23-21(16)17/h1-7,23H,8-15H2,(H,24,27). The Morgan fingerprint density at radius 1 is 1.04 bits per heavy atom. The van der Waals surface area contributed by atoms with Gasteiger partial charge in [0, 0.05) is 45.0 Å². The minimum atomic E-state index is -0.0124. The second-order valence-corrected chi connectivity index (χ2v) is 7.62. The molecule has 2 aliphatic rings. The Bertz CT molecular complexity index is 818. The van der Waals surface area contributed by atoms with Crippen LogP contribution in [0, 0.1) is 0 Å². The smallest absolute Gasteiger partial charge is 0.238 e. The summed E-state index contributed by atoms with van der Waals surface area (Å²) in [6.07, 6.45) is 1.12. The van der Waals surface area contributed by atoms with Crippen molar-refractivity contribution in [1.29, 1.82) is 0 Å². The summed E-state index contributed by atoms with van der Waals surface area (Å²) >= 11 is 6.11. The van der Waals surface area contributed by atoms with E-state index in [-0.39, 0.29) is 5.91 Å². The van der Waals surface area contributed by atoms with Crippen LogP contribution in [-0.4, -0.2) is 55.0 Å². The molecule has 0 atom stereocenters. The molecule has 0 aromatic heterocycles. The third kappa shape index (κ3) is 4.43. The molecular formula is C21H25ClN4O. The lowest BCUT2D eigenvalue weighted by molar-refractivity contribution is -0.117. The molecule has 0 bridgehead atoms. The number of rotatable bonds is 5. The monoisotopic (exact) mass is 384 g/mol. The number of nitrogens with zero attached hydrogens (tertiary/aromatic N) is 2. The van der Waals surface area contributed by atoms with Gasteiger partial charge in [-0.15, -0.1) is 0 Å². The van der Waals surface area contributed by atoms with Crippen LogP contribution in [0.4, 0.5) is 11.4 Å². The van der Waals surface area contributed by atoms with Crippen LogP contribution < -0.4 is 10.6 Å². The van der Waals surface area contributed by atoms with Crippen molar-refractivity contribution in [1.82, 2.24) is 9.80 Å². The van der Waals surface area contributed by atoms with Crippen molar-refractivity contribution in [3.63, 3.8) is 0 Å². The molecule has 0 radical (unpaired) electrons. The summed E-state index contributed by atoms with van der Waals surface area (Å²) in [6.45, 7) is 6.17. The summed E-state index contributed by atoms with van der Waals surface area (Å²) in [7, 11) is 0. The molecule has 1 amide bonds. The fourth-order valence-electron chi connectivity index (χ4n) is 3.84. The highest BCUT2D eigenvalue weighted by Gasteiger charge is 2.21. The van der Waals surface area contributed by atoms with E-state index in [4.69, 9.17) is 11.6 Å². The molecule has 2 heterocycles. The molecule has 2 N–H and O–H groups in total. The predicted octanol–water partition coefficient (Wildman–Crippen LogP) is 3.06. The molecule has 2 aromatic rings. The van der Waals surface area contributed by atoms with E-state index in [0.29, 0.717) is 17.3 Å². The van der Waals surface area contributed by atoms with Crippen LogP contribution in [0.3, 0.4) is 0 Å². The zero-order chi connectivity index (χ0) is 18.6. The van der Waals surface area contributed by atoms with Gasteiger partial charge in [-0.2, -0.15) is 0 Å². The molecule has 2 aromatic carbocycles. The number of halogens is 1. The topological polar surface area (TPSA) is 47.6 Å². The number of hydrogen-bond acceptors (Lipinski definition) is 4. The SMILES string of the molecule is O=C(CN1CCN(Cc2cccc3c2NCC3)CC1)Nc1ccccc1Cl. The van der Waals surface area contributed by atoms with Gasteiger partial charge in [0.15, 0.2) is 0 Å². The Labute approximate surface area is 165 Å². The molecule has 27 heavy (non-hydrogen) atoms. The molecule has 0 saturated carbocycles. The van der Waals surface area contributed by atoms with Gasteiger partial charge in [-0.3, -0.25) is 14.6 Å². The van der Waals surface area contributed by atoms with Crippen molar-refractivity contribution in [3.05, 3.63) is 58.6 Å². The molecule has 142 valence electrons. The van der Waals surface area contributed by atoms with Gasteiger partial charge >= 0.3 is 0 Å². The van der Waals surface area contributed by atoms with E-state index in [2.05, 4.69) is 38.6 Å². The lowest BCUT2D eigenvalue weighted by Crippen LogP contribution is -2.48. The first-order valence-corrected chi connectivity index (χ1v) is 9.90. The largest absolute Gasteiger partial charge is 0.384 e. The third-order valence-electron chi connectivity index (χ3n) is 5.31. The summed E-state index contributed by atoms with van der Waals surface area (Å²) < 4.78 is 0. The van der Waals surface area contributed by atoms with Crippen molar-refractivity contribution in [3.8, 4) is 0 Å². The first-order valence-electron chi connectivity index (χ1n) is 9.53. The molecule has 6 heteroatoms. The zero-order valence-electron chi connectivity index (χ0n) is 15.4. The van der Waals surface area contributed by atoms with Crippen molar-refractivity contribution in [2.45, 2.75) is 13.0 Å². The maximum atomic E-state index is 12.3. The molecule has 5 nitrogen and oxygen atoms in total. The van der Waals surface area contributed by atoms with E-state index >= 15 is 0 Å². The number of nitrogens with one attached hydrogen (secondary N) is 2. The molecule has 1 fully saturated rings. The number of carbonyl (C=O) groups is 1. The second kappa shape index (κ2) is 8.30. The summed E-state index contributed by atoms with van der Waals surface area (Å²) in [4.78, 5) is 17.0. The van der Waals surface area contributed by atoms with Crippen molar-refractivity contribution >= 4 is 28.9 Å². The van der Waals surface area contributed by atoms with Crippen molar-refractivity contribution in [2.75, 3.05) is 49.9 Å². The minimum Gasteiger partial charge on any atom is -0.384 e. The van der Waals surface area contributed by atoms with E-state index in [0.717, 1.165) is 45.7 Å². The maximum absolute atomic E-state index is 12.3. The molecule has 2 aliphatic heterocycles. The number of amides is 1. The number of carbonyl (C=O) groups excluding carboxylic acids is 1. The molecule has 0 unspecified atom stereocenters. The van der Waals surface area contributed by atoms with Crippen molar-refractivity contribution < 1.29 is 4.79 Å². The first kappa shape index (κ1) is 18.3. The van der Waals surface area contributed by atoms with Gasteiger partial charge in [0.1, 0.15) is 0 Å². The van der Waals surface area contributed by atoms with Crippen LogP contribution in [0.1, 0.15) is 11.1 Å². The lowest BCUT2D eigenvalue weighted by atomic mass is 10.1. The Kier molecular flexibility index (Phi) is 5.62. The van der Waals surface area contributed by atoms with Gasteiger partial charge in [-0.05, 0) is 29.7 Å². The quantitative estimate of drug-likeness (QED) is 0.831. The van der Waals surface area contributed by atoms with Crippen LogP contribution in [0.2, 0.25) is 5.02 Å². The van der Waals surface area contributed by atoms with Crippen molar-refractivity contribution in [2.24, 2.45) is 0 Å². The van der Waals surface area contributed by atoms with E-state index in [1.165, 1.54) is 16.8 Å². The Balaban J connectivity index is 1.26. The molecule has 0 aliphatic carbocycles. The molecular weight excluding hydrogens is 360 g/mol. The van der Waals surface area contributed by atoms with E-state index in [1.54, 1.807) is 6.07 Å². The minimum absolute atomic E-state index is 0.0124. The number of piperazine rings is 1. The first-order chi connectivity index (χ1) is 13.2. The average molecular weight is 385 g/mol. The molecule has 0 spiro atoms. The zero-order valence-corrected chi connectivity index (χ0v) is 16.1. The van der Waals surface area contributed by atoms with E-state index in [1.807, 2.05) is 18.2 Å². The van der Waals surface area contributed by atoms with Crippen LogP contribution in [0.5, 0.6) is 0 Å². The number of anilines is 2. The number of benzene rings is 2. The van der Waals surface area contributed by atoms with Gasteiger partial charge in [-0.1, -0.05) is 41.9 Å². The summed E-state index contributed by atoms with van der Waals surface area (Å²) in [5.74, 6) is -0.0124. The summed E-state index contributed by atoms with van der Waals surface area (Å²) in [6, 6.07) is 13.9. The fraction of sp³-hybridized carbons (Fsp3) is 0.381. The van der Waals surface area contributed by atoms with Crippen LogP contribution in [-0.2, 0) is 17.8 Å². The Morgan fingerprint density at radius 3 is 2.63 bits per heavy atom. The van der Waals surface area contributed by atoms with Gasteiger partial charge in [0.05, 0.1) is 17.3 Å². The van der Waals surface area contributed by atoms with E-state index < -0.39 is 0 Å². The number of hydrogen-bond donors (Lipinski definition) is 2. The van der Waals surface area contributed by atoms with E-state index in [9.17, 15) is 4.79 Å². The van der Waals surface area contributed by atoms with Gasteiger partial charge in [0.2, 0.25) is 5.91 Å². The highest BCUT2D eigenvalue weighted by molar-refractivity contribution is 6.33. The van der Waals surface area contributed by atoms with Crippen LogP contribution in [0.25, 0.3) is 0 Å². The highest BCUT2D eigenvalue weighted by atomic mass is 35.5. The van der Waals surface area contributed by atoms with Crippen LogP contribution in [0.15, 0.2) is 42.5 Å². The second-order valence-electron chi connectivity index (χ2n) is 7.21. The van der Waals surface area contributed by atoms with Gasteiger partial charge < -0.3 is 10.6 Å². The summed E-state index contributed by atoms with van der Waals surface area (Å²) in [5.41, 5.74) is 4.82. The predicted molar refractivity (Wildman–Crippen MR) is 110 cm³/mol. The summed E-state index contributed by atoms with van der Waals surface area (Å²) in [5, 5.41) is 6.99. The fourth-order valence-corrected chi connectivity index (χ4v) is 4.03. The Hall–Kier alpha value is -2.08. The Morgan fingerprint density at radius 2 is 1.81 bits per heavy atom. The normalized spacial score (nSPS) is 17.4. The average Bonchev–Trinajstić information content (AvgIpc) is 3.15. The number of fused-ring (bicyclic) bond motifs is 1. The van der Waals surface area contributed by atoms with Crippen LogP contribution >= 0.6 is 11.6 Å². The third-order valence-corrected chi connectivity index (χ3v) is 5.64. The van der Waals surface area contributed by atoms with Gasteiger partial charge in [0.25, 0.3) is 0 Å². The maximum Gasteiger partial charge on any atom is 0.238 e. The number of para-hydroxylation sites is 2.